The van der Waals surface area contributed by atoms with Crippen LogP contribution in [-0.2, 0) is 2.84 Å². The molecule has 0 aromatic rings. The van der Waals surface area contributed by atoms with Crippen LogP contribution in [0.4, 0.5) is 4.39 Å². The zero-order valence-corrected chi connectivity index (χ0v) is 6.61. The normalized spacial score (nSPS) is 7.40. The highest BCUT2D eigenvalue weighted by atomic mass is 27.2. The van der Waals surface area contributed by atoms with E-state index in [1.807, 2.05) is 0 Å². The molecule has 0 aromatic heterocycles. The summed E-state index contributed by atoms with van der Waals surface area (Å²) in [5.41, 5.74) is -0.205. The minimum absolute atomic E-state index is 0.205. The van der Waals surface area contributed by atoms with Gasteiger partial charge in [-0.25, -0.2) is 0 Å². The third kappa shape index (κ3) is 4.95. The first-order valence-electron chi connectivity index (χ1n) is 1.46. The average molecular weight is 106 g/mol. The Morgan fingerprint density at radius 2 is 2.60 bits per heavy atom. The Morgan fingerprint density at radius 3 is 2.60 bits per heavy atom. The average Bonchev–Trinajstić information content (AvgIpc) is 1.41. The largest absolute Gasteiger partial charge is 0.643 e. The van der Waals surface area contributed by atoms with Crippen molar-refractivity contribution >= 4 is 32.2 Å². The fraction of sp³-hybridized carbons (Fsp3) is 1.00. The number of alkyl halides is 1. The van der Waals surface area contributed by atoms with Gasteiger partial charge in [-0.2, -0.15) is 0 Å². The molecule has 0 heterocycles. The third-order valence-corrected chi connectivity index (χ3v) is 2.07. The maximum atomic E-state index is 11.0. The van der Waals surface area contributed by atoms with Crippen LogP contribution < -0.4 is 0 Å². The monoisotopic (exact) mass is 106 g/mol. The Morgan fingerprint density at radius 1 is 2.00 bits per heavy atom. The predicted octanol–water partition coefficient (Wildman–Crippen LogP) is -1.17. The van der Waals surface area contributed by atoms with Crippen molar-refractivity contribution < 1.29 is 7.23 Å². The first-order valence-corrected chi connectivity index (χ1v) is 3.86. The Balaban J connectivity index is 2.19. The molecule has 4 heteroatoms. The highest BCUT2D eigenvalue weighted by molar-refractivity contribution is 6.33. The first-order chi connectivity index (χ1) is 2.41. The second kappa shape index (κ2) is 4.95. The zero-order chi connectivity index (χ0) is 4.12. The standard InChI is InChI=1S/CH2F.2Al.O.3H/c1-2;;;;;;/h1H2;;;;;;. The molecule has 28 valence electrons. The molecular formula is CH5Al2FO. The van der Waals surface area contributed by atoms with Crippen LogP contribution >= 0.6 is 0 Å². The SMILES string of the molecule is F[CH2][AlH][O][AlH2]. The number of halogens is 1. The van der Waals surface area contributed by atoms with Crippen LogP contribution in [0.3, 0.4) is 0 Å². The molecule has 0 unspecified atom stereocenters. The van der Waals surface area contributed by atoms with Gasteiger partial charge in [0.2, 0.25) is 0 Å². The molecule has 0 saturated heterocycles. The molecule has 0 aromatic carbocycles. The lowest BCUT2D eigenvalue weighted by molar-refractivity contribution is 0.546. The molecule has 0 amide bonds. The maximum Gasteiger partial charge on any atom is 0.441 e. The van der Waals surface area contributed by atoms with Crippen molar-refractivity contribution in [3.8, 4) is 0 Å². The predicted molar refractivity (Wildman–Crippen MR) is 22.8 cm³/mol. The number of hydrogen-bond acceptors (Lipinski definition) is 1. The van der Waals surface area contributed by atoms with Crippen LogP contribution in [0.25, 0.3) is 0 Å². The van der Waals surface area contributed by atoms with Gasteiger partial charge in [-0.3, -0.25) is 4.39 Å². The van der Waals surface area contributed by atoms with Crippen LogP contribution in [0.1, 0.15) is 0 Å². The van der Waals surface area contributed by atoms with Crippen LogP contribution in [0.5, 0.6) is 0 Å². The summed E-state index contributed by atoms with van der Waals surface area (Å²) in [5.74, 6) is 0. The van der Waals surface area contributed by atoms with Gasteiger partial charge in [-0.15, -0.1) is 0 Å². The van der Waals surface area contributed by atoms with Gasteiger partial charge in [0.1, 0.15) is 0 Å². The summed E-state index contributed by atoms with van der Waals surface area (Å²) in [6.45, 7) is 0. The second-order valence-corrected chi connectivity index (χ2v) is 3.78. The molecule has 0 radical (unpaired) electrons. The van der Waals surface area contributed by atoms with Crippen LogP contribution in [0.2, 0.25) is 0 Å². The van der Waals surface area contributed by atoms with Gasteiger partial charge in [0.05, 0.1) is 5.54 Å². The zero-order valence-electron chi connectivity index (χ0n) is 3.20. The van der Waals surface area contributed by atoms with E-state index < -0.39 is 15.6 Å². The summed E-state index contributed by atoms with van der Waals surface area (Å²) in [6.07, 6.45) is 0. The van der Waals surface area contributed by atoms with Gasteiger partial charge >= 0.3 is 32.2 Å². The molecule has 0 rings (SSSR count). The molecule has 0 saturated carbocycles. The highest BCUT2D eigenvalue weighted by Crippen LogP contribution is 1.58. The van der Waals surface area contributed by atoms with Crippen LogP contribution in [0, 0.1) is 0 Å². The molecule has 0 atom stereocenters. The summed E-state index contributed by atoms with van der Waals surface area (Å²) >= 11 is 0.0476. The van der Waals surface area contributed by atoms with E-state index in [-0.39, 0.29) is 5.54 Å². The lowest BCUT2D eigenvalue weighted by atomic mass is 11.8. The van der Waals surface area contributed by atoms with E-state index in [1.165, 1.54) is 0 Å². The third-order valence-electron chi connectivity index (χ3n) is 0.281. The minimum Gasteiger partial charge on any atom is -0.643 e. The fourth-order valence-electron chi connectivity index (χ4n) is 0.0772. The van der Waals surface area contributed by atoms with Crippen LogP contribution in [0.15, 0.2) is 0 Å². The fourth-order valence-corrected chi connectivity index (χ4v) is 0.694. The summed E-state index contributed by atoms with van der Waals surface area (Å²) in [7, 11) is 0. The molecule has 5 heavy (non-hydrogen) atoms. The quantitative estimate of drug-likeness (QED) is 0.403. The van der Waals surface area contributed by atoms with E-state index in [4.69, 9.17) is 0 Å². The van der Waals surface area contributed by atoms with Crippen molar-refractivity contribution in [2.45, 2.75) is 0 Å². The van der Waals surface area contributed by atoms with Crippen molar-refractivity contribution in [2.24, 2.45) is 0 Å². The van der Waals surface area contributed by atoms with Crippen molar-refractivity contribution in [1.82, 2.24) is 0 Å². The first kappa shape index (κ1) is 5.95. The van der Waals surface area contributed by atoms with Gasteiger partial charge in [0.25, 0.3) is 0 Å². The van der Waals surface area contributed by atoms with Crippen molar-refractivity contribution in [2.75, 3.05) is 5.54 Å². The molecule has 0 spiro atoms. The second-order valence-electron chi connectivity index (χ2n) is 0.682. The van der Waals surface area contributed by atoms with Gasteiger partial charge in [-0.05, 0) is 0 Å². The molecule has 0 bridgehead atoms. The summed E-state index contributed by atoms with van der Waals surface area (Å²) < 4.78 is 15.5. The summed E-state index contributed by atoms with van der Waals surface area (Å²) in [5, 5.41) is 0. The number of hydrogen-bond donors (Lipinski definition) is 0. The van der Waals surface area contributed by atoms with Gasteiger partial charge in [0, 0.05) is 0 Å². The number of rotatable bonds is 2. The van der Waals surface area contributed by atoms with Crippen molar-refractivity contribution in [1.29, 1.82) is 0 Å². The Bertz CT molecular complexity index is 17.1. The summed E-state index contributed by atoms with van der Waals surface area (Å²) in [4.78, 5) is 0. The molecule has 0 aliphatic rings. The minimum atomic E-state index is -0.673. The maximum absolute atomic E-state index is 11.0. The van der Waals surface area contributed by atoms with E-state index in [1.54, 1.807) is 0 Å². The Hall–Kier alpha value is 0.955. The lowest BCUT2D eigenvalue weighted by Crippen LogP contribution is -1.95. The molecular weight excluding hydrogens is 101 g/mol. The smallest absolute Gasteiger partial charge is 0.441 e. The molecule has 0 aliphatic heterocycles. The molecule has 0 N–H and O–H groups in total. The van der Waals surface area contributed by atoms with Gasteiger partial charge in [-0.1, -0.05) is 0 Å². The van der Waals surface area contributed by atoms with E-state index in [0.29, 0.717) is 0 Å². The Kier molecular flexibility index (Phi) is 5.90. The highest BCUT2D eigenvalue weighted by Gasteiger charge is 1.81. The van der Waals surface area contributed by atoms with Gasteiger partial charge < -0.3 is 2.84 Å². The lowest BCUT2D eigenvalue weighted by Gasteiger charge is -1.80. The molecule has 1 nitrogen and oxygen atoms in total. The van der Waals surface area contributed by atoms with E-state index >= 15 is 0 Å². The Labute approximate surface area is 45.3 Å². The van der Waals surface area contributed by atoms with E-state index in [9.17, 15) is 4.39 Å². The summed E-state index contributed by atoms with van der Waals surface area (Å²) in [6, 6.07) is 0. The van der Waals surface area contributed by atoms with Crippen molar-refractivity contribution in [3.63, 3.8) is 0 Å². The van der Waals surface area contributed by atoms with E-state index in [0.717, 1.165) is 16.6 Å². The molecule has 0 aliphatic carbocycles. The van der Waals surface area contributed by atoms with Crippen LogP contribution in [-0.4, -0.2) is 37.7 Å². The topological polar surface area (TPSA) is 9.23 Å². The van der Waals surface area contributed by atoms with Gasteiger partial charge in [0.15, 0.2) is 0 Å². The molecule has 0 fully saturated rings. The van der Waals surface area contributed by atoms with E-state index in [2.05, 4.69) is 2.84 Å². The van der Waals surface area contributed by atoms with Crippen molar-refractivity contribution in [3.05, 3.63) is 0 Å².